The van der Waals surface area contributed by atoms with Crippen molar-refractivity contribution in [2.24, 2.45) is 0 Å². The van der Waals surface area contributed by atoms with E-state index >= 15 is 0 Å². The minimum absolute atomic E-state index is 0.156. The molecule has 2 N–H and O–H groups in total. The number of anilines is 2. The zero-order chi connectivity index (χ0) is 23.2. The molecule has 0 saturated carbocycles. The lowest BCUT2D eigenvalue weighted by Crippen LogP contribution is -2.26. The first kappa shape index (κ1) is 22.0. The lowest BCUT2D eigenvalue weighted by molar-refractivity contribution is 0.0940. The van der Waals surface area contributed by atoms with E-state index in [1.807, 2.05) is 74.5 Å². The summed E-state index contributed by atoms with van der Waals surface area (Å²) in [7, 11) is 1.63. The highest BCUT2D eigenvalue weighted by Crippen LogP contribution is 2.22. The average molecular weight is 439 g/mol. The Morgan fingerprint density at radius 2 is 1.76 bits per heavy atom. The number of nitrogens with zero attached hydrogens (tertiary/aromatic N) is 2. The Hall–Kier alpha value is -4.19. The second-order valence-corrected chi connectivity index (χ2v) is 7.81. The van der Waals surface area contributed by atoms with Gasteiger partial charge in [0.05, 0.1) is 13.2 Å². The Kier molecular flexibility index (Phi) is 6.64. The Morgan fingerprint density at radius 1 is 0.970 bits per heavy atom. The number of hydrogen-bond acceptors (Lipinski definition) is 5. The van der Waals surface area contributed by atoms with Gasteiger partial charge in [0.2, 0.25) is 0 Å². The fraction of sp³-hybridized carbons (Fsp3) is 0.148. The molecule has 0 bridgehead atoms. The molecule has 0 unspecified atom stereocenters. The summed E-state index contributed by atoms with van der Waals surface area (Å²) in [5, 5.41) is 6.32. The van der Waals surface area contributed by atoms with Crippen molar-refractivity contribution >= 4 is 17.4 Å². The van der Waals surface area contributed by atoms with Crippen molar-refractivity contribution in [1.82, 2.24) is 15.3 Å². The van der Waals surface area contributed by atoms with E-state index in [1.165, 1.54) is 5.56 Å². The van der Waals surface area contributed by atoms with Gasteiger partial charge in [-0.05, 0) is 55.8 Å². The molecule has 4 aromatic rings. The molecule has 0 aliphatic heterocycles. The number of methoxy groups -OCH3 is 1. The maximum absolute atomic E-state index is 12.9. The molecule has 0 fully saturated rings. The number of benzene rings is 3. The second kappa shape index (κ2) is 9.96. The van der Waals surface area contributed by atoms with Gasteiger partial charge in [-0.1, -0.05) is 48.0 Å². The molecule has 6 heteroatoms. The zero-order valence-corrected chi connectivity index (χ0v) is 18.9. The molecule has 6 nitrogen and oxygen atoms in total. The van der Waals surface area contributed by atoms with Gasteiger partial charge in [-0.2, -0.15) is 0 Å². The smallest absolute Gasteiger partial charge is 0.251 e. The third kappa shape index (κ3) is 5.54. The number of aryl methyl sites for hydroxylation is 1. The van der Waals surface area contributed by atoms with Crippen LogP contribution in [0.4, 0.5) is 11.5 Å². The van der Waals surface area contributed by atoms with Crippen LogP contribution in [-0.4, -0.2) is 23.0 Å². The SMILES string of the molecule is COc1cccc([C@H](C)NC(=O)c2cccc(Nc3ccnc(-c4ccc(C)cc4)n3)c2)c1. The van der Waals surface area contributed by atoms with Gasteiger partial charge >= 0.3 is 0 Å². The van der Waals surface area contributed by atoms with Gasteiger partial charge in [0.15, 0.2) is 5.82 Å². The molecule has 166 valence electrons. The summed E-state index contributed by atoms with van der Waals surface area (Å²) in [6.07, 6.45) is 1.72. The van der Waals surface area contributed by atoms with Crippen LogP contribution < -0.4 is 15.4 Å². The van der Waals surface area contributed by atoms with Gasteiger partial charge in [0.1, 0.15) is 11.6 Å². The standard InChI is InChI=1S/C27H26N4O2/c1-18-10-12-20(13-11-18)26-28-15-14-25(31-26)30-23-8-4-7-22(16-23)27(32)29-19(2)21-6-5-9-24(17-21)33-3/h4-17,19H,1-3H3,(H,29,32)(H,28,30,31)/t19-/m0/s1. The average Bonchev–Trinajstić information content (AvgIpc) is 2.85. The van der Waals surface area contributed by atoms with E-state index in [0.717, 1.165) is 22.6 Å². The number of carbonyl (C=O) groups is 1. The summed E-state index contributed by atoms with van der Waals surface area (Å²) < 4.78 is 5.28. The number of carbonyl (C=O) groups excluding carboxylic acids is 1. The summed E-state index contributed by atoms with van der Waals surface area (Å²) in [6.45, 7) is 3.99. The summed E-state index contributed by atoms with van der Waals surface area (Å²) in [4.78, 5) is 21.8. The molecule has 4 rings (SSSR count). The van der Waals surface area contributed by atoms with Crippen LogP contribution in [-0.2, 0) is 0 Å². The van der Waals surface area contributed by atoms with Gasteiger partial charge in [-0.15, -0.1) is 0 Å². The number of ether oxygens (including phenoxy) is 1. The molecule has 1 atom stereocenters. The van der Waals surface area contributed by atoms with E-state index in [1.54, 1.807) is 31.5 Å². The van der Waals surface area contributed by atoms with E-state index in [9.17, 15) is 4.79 Å². The van der Waals surface area contributed by atoms with Gasteiger partial charge in [-0.25, -0.2) is 9.97 Å². The molecule has 1 aromatic heterocycles. The first-order chi connectivity index (χ1) is 16.0. The van der Waals surface area contributed by atoms with Crippen molar-refractivity contribution in [2.45, 2.75) is 19.9 Å². The van der Waals surface area contributed by atoms with Crippen molar-refractivity contribution in [1.29, 1.82) is 0 Å². The summed E-state index contributed by atoms with van der Waals surface area (Å²) in [6, 6.07) is 24.7. The molecule has 1 amide bonds. The maximum Gasteiger partial charge on any atom is 0.251 e. The van der Waals surface area contributed by atoms with E-state index < -0.39 is 0 Å². The number of nitrogens with one attached hydrogen (secondary N) is 2. The molecule has 3 aromatic carbocycles. The fourth-order valence-electron chi connectivity index (χ4n) is 3.43. The molecule has 0 aliphatic carbocycles. The summed E-state index contributed by atoms with van der Waals surface area (Å²) in [5.41, 5.74) is 4.43. The van der Waals surface area contributed by atoms with Crippen LogP contribution in [0.2, 0.25) is 0 Å². The largest absolute Gasteiger partial charge is 0.497 e. The quantitative estimate of drug-likeness (QED) is 0.387. The minimum Gasteiger partial charge on any atom is -0.497 e. The van der Waals surface area contributed by atoms with E-state index in [4.69, 9.17) is 4.74 Å². The minimum atomic E-state index is -0.164. The predicted molar refractivity (Wildman–Crippen MR) is 131 cm³/mol. The fourth-order valence-corrected chi connectivity index (χ4v) is 3.43. The van der Waals surface area contributed by atoms with Gasteiger partial charge in [0, 0.05) is 23.0 Å². The highest BCUT2D eigenvalue weighted by atomic mass is 16.5. The first-order valence-corrected chi connectivity index (χ1v) is 10.7. The topological polar surface area (TPSA) is 76.1 Å². The Morgan fingerprint density at radius 3 is 2.55 bits per heavy atom. The maximum atomic E-state index is 12.9. The van der Waals surface area contributed by atoms with Gasteiger partial charge in [-0.3, -0.25) is 4.79 Å². The molecular weight excluding hydrogens is 412 g/mol. The van der Waals surface area contributed by atoms with Crippen LogP contribution >= 0.6 is 0 Å². The highest BCUT2D eigenvalue weighted by Gasteiger charge is 2.13. The number of hydrogen-bond donors (Lipinski definition) is 2. The second-order valence-electron chi connectivity index (χ2n) is 7.81. The molecule has 1 heterocycles. The van der Waals surface area contributed by atoms with Crippen molar-refractivity contribution in [3.05, 3.63) is 102 Å². The number of rotatable bonds is 7. The zero-order valence-electron chi connectivity index (χ0n) is 18.9. The first-order valence-electron chi connectivity index (χ1n) is 10.7. The van der Waals surface area contributed by atoms with Crippen LogP contribution in [0.1, 0.15) is 34.5 Å². The summed E-state index contributed by atoms with van der Waals surface area (Å²) in [5.74, 6) is 1.90. The Balaban J connectivity index is 1.47. The molecule has 33 heavy (non-hydrogen) atoms. The Labute approximate surface area is 193 Å². The molecule has 0 spiro atoms. The van der Waals surface area contributed by atoms with E-state index in [2.05, 4.69) is 20.6 Å². The van der Waals surface area contributed by atoms with Crippen LogP contribution in [0.3, 0.4) is 0 Å². The third-order valence-corrected chi connectivity index (χ3v) is 5.30. The van der Waals surface area contributed by atoms with Crippen molar-refractivity contribution < 1.29 is 9.53 Å². The third-order valence-electron chi connectivity index (χ3n) is 5.30. The highest BCUT2D eigenvalue weighted by molar-refractivity contribution is 5.95. The molecule has 0 saturated heterocycles. The molecular formula is C27H26N4O2. The van der Waals surface area contributed by atoms with Crippen molar-refractivity contribution in [3.63, 3.8) is 0 Å². The van der Waals surface area contributed by atoms with Crippen molar-refractivity contribution in [2.75, 3.05) is 12.4 Å². The normalized spacial score (nSPS) is 11.5. The number of aromatic nitrogens is 2. The summed E-state index contributed by atoms with van der Waals surface area (Å²) >= 11 is 0. The number of amides is 1. The molecule has 0 radical (unpaired) electrons. The lowest BCUT2D eigenvalue weighted by Gasteiger charge is -2.16. The van der Waals surface area contributed by atoms with E-state index in [0.29, 0.717) is 17.2 Å². The Bertz CT molecular complexity index is 1250. The lowest BCUT2D eigenvalue weighted by atomic mass is 10.1. The molecule has 0 aliphatic rings. The van der Waals surface area contributed by atoms with Crippen LogP contribution in [0.25, 0.3) is 11.4 Å². The van der Waals surface area contributed by atoms with Crippen molar-refractivity contribution in [3.8, 4) is 17.1 Å². The monoisotopic (exact) mass is 438 g/mol. The van der Waals surface area contributed by atoms with Gasteiger partial charge < -0.3 is 15.4 Å². The predicted octanol–water partition coefficient (Wildman–Crippen LogP) is 5.70. The van der Waals surface area contributed by atoms with E-state index in [-0.39, 0.29) is 11.9 Å². The van der Waals surface area contributed by atoms with Crippen LogP contribution in [0.5, 0.6) is 5.75 Å². The van der Waals surface area contributed by atoms with Crippen LogP contribution in [0.15, 0.2) is 85.1 Å². The van der Waals surface area contributed by atoms with Gasteiger partial charge in [0.25, 0.3) is 5.91 Å². The van der Waals surface area contributed by atoms with Crippen LogP contribution in [0, 0.1) is 6.92 Å².